The van der Waals surface area contributed by atoms with Crippen LogP contribution in [0.2, 0.25) is 0 Å². The van der Waals surface area contributed by atoms with E-state index in [4.69, 9.17) is 0 Å². The Kier molecular flexibility index (Phi) is 4.56. The lowest BCUT2D eigenvalue weighted by atomic mass is 10.3. The summed E-state index contributed by atoms with van der Waals surface area (Å²) in [5.41, 5.74) is 2.46. The van der Waals surface area contributed by atoms with Crippen molar-refractivity contribution in [2.45, 2.75) is 13.3 Å². The molecule has 0 aliphatic rings. The van der Waals surface area contributed by atoms with Crippen LogP contribution in [-0.2, 0) is 9.53 Å². The Morgan fingerprint density at radius 1 is 1.47 bits per heavy atom. The second-order valence-electron chi connectivity index (χ2n) is 3.14. The molecule has 0 spiro atoms. The molecule has 1 rings (SSSR count). The van der Waals surface area contributed by atoms with Gasteiger partial charge in [-0.25, -0.2) is 13.6 Å². The number of nitrogens with one attached hydrogen (secondary N) is 1. The Morgan fingerprint density at radius 2 is 2.18 bits per heavy atom. The average Bonchev–Trinajstić information content (AvgIpc) is 2.31. The molecule has 0 amide bonds. The lowest BCUT2D eigenvalue weighted by Crippen LogP contribution is -2.16. The van der Waals surface area contributed by atoms with Gasteiger partial charge in [0.25, 0.3) is 0 Å². The number of rotatable bonds is 4. The lowest BCUT2D eigenvalue weighted by molar-refractivity contribution is -0.132. The van der Waals surface area contributed by atoms with Gasteiger partial charge in [-0.05, 0) is 18.6 Å². The van der Waals surface area contributed by atoms with Crippen molar-refractivity contribution in [2.24, 2.45) is 5.10 Å². The minimum atomic E-state index is -0.783. The number of anilines is 1. The highest BCUT2D eigenvalue weighted by atomic mass is 19.1. The van der Waals surface area contributed by atoms with Gasteiger partial charge in [0.1, 0.15) is 11.5 Å². The quantitative estimate of drug-likeness (QED) is 0.500. The summed E-state index contributed by atoms with van der Waals surface area (Å²) in [5, 5.41) is 3.70. The van der Waals surface area contributed by atoms with Gasteiger partial charge < -0.3 is 4.74 Å². The van der Waals surface area contributed by atoms with Crippen LogP contribution in [0, 0.1) is 11.6 Å². The summed E-state index contributed by atoms with van der Waals surface area (Å²) in [7, 11) is 1.23. The molecule has 4 nitrogen and oxygen atoms in total. The van der Waals surface area contributed by atoms with Gasteiger partial charge in [0.05, 0.1) is 12.8 Å². The largest absolute Gasteiger partial charge is 0.464 e. The Morgan fingerprint density at radius 3 is 2.71 bits per heavy atom. The monoisotopic (exact) mass is 242 g/mol. The summed E-state index contributed by atoms with van der Waals surface area (Å²) in [6, 6.07) is 3.00. The molecule has 0 radical (unpaired) electrons. The normalized spacial score (nSPS) is 11.2. The second kappa shape index (κ2) is 5.93. The summed E-state index contributed by atoms with van der Waals surface area (Å²) in [4.78, 5) is 11.2. The Bertz CT molecular complexity index is 447. The van der Waals surface area contributed by atoms with E-state index in [1.54, 1.807) is 6.92 Å². The molecule has 0 unspecified atom stereocenters. The number of hydrazone groups is 1. The van der Waals surface area contributed by atoms with Gasteiger partial charge in [-0.1, -0.05) is 6.92 Å². The van der Waals surface area contributed by atoms with Crippen LogP contribution in [0.15, 0.2) is 23.3 Å². The van der Waals surface area contributed by atoms with Crippen molar-refractivity contribution in [3.05, 3.63) is 29.8 Å². The zero-order chi connectivity index (χ0) is 12.8. The van der Waals surface area contributed by atoms with E-state index in [-0.39, 0.29) is 11.4 Å². The number of halogens is 2. The van der Waals surface area contributed by atoms with Gasteiger partial charge in [0.15, 0.2) is 5.82 Å². The predicted octanol–water partition coefficient (Wildman–Crippen LogP) is 2.32. The molecule has 0 aromatic heterocycles. The molecule has 1 aromatic carbocycles. The molecule has 0 aliphatic heterocycles. The molecule has 0 saturated carbocycles. The molecular formula is C11H12F2N2O2. The fourth-order valence-electron chi connectivity index (χ4n) is 1.09. The van der Waals surface area contributed by atoms with E-state index in [1.165, 1.54) is 13.2 Å². The maximum atomic E-state index is 13.2. The summed E-state index contributed by atoms with van der Waals surface area (Å²) in [6.07, 6.45) is 0.336. The molecule has 1 aromatic rings. The van der Waals surface area contributed by atoms with Gasteiger partial charge in [0, 0.05) is 6.07 Å². The number of ether oxygens (including phenoxy) is 1. The molecular weight excluding hydrogens is 230 g/mol. The number of carbonyl (C=O) groups excluding carboxylic acids is 1. The number of benzene rings is 1. The van der Waals surface area contributed by atoms with Gasteiger partial charge in [-0.15, -0.1) is 0 Å². The lowest BCUT2D eigenvalue weighted by Gasteiger charge is -2.04. The number of carbonyl (C=O) groups is 1. The van der Waals surface area contributed by atoms with E-state index in [9.17, 15) is 13.6 Å². The van der Waals surface area contributed by atoms with Crippen LogP contribution in [0.5, 0.6) is 0 Å². The number of hydrogen-bond donors (Lipinski definition) is 1. The van der Waals surface area contributed by atoms with Gasteiger partial charge in [0.2, 0.25) is 0 Å². The second-order valence-corrected chi connectivity index (χ2v) is 3.14. The number of esters is 1. The van der Waals surface area contributed by atoms with Crippen LogP contribution in [0.25, 0.3) is 0 Å². The Labute approximate surface area is 97.3 Å². The molecule has 0 bridgehead atoms. The molecule has 92 valence electrons. The third-order valence-corrected chi connectivity index (χ3v) is 2.00. The van der Waals surface area contributed by atoms with E-state index < -0.39 is 17.6 Å². The van der Waals surface area contributed by atoms with E-state index in [1.807, 2.05) is 0 Å². The molecule has 6 heteroatoms. The number of nitrogens with zero attached hydrogens (tertiary/aromatic N) is 1. The average molecular weight is 242 g/mol. The molecule has 0 saturated heterocycles. The van der Waals surface area contributed by atoms with Crippen molar-refractivity contribution in [1.82, 2.24) is 0 Å². The highest BCUT2D eigenvalue weighted by Crippen LogP contribution is 2.14. The van der Waals surface area contributed by atoms with Crippen molar-refractivity contribution in [3.63, 3.8) is 0 Å². The number of hydrogen-bond acceptors (Lipinski definition) is 4. The Balaban J connectivity index is 2.84. The molecule has 0 heterocycles. The molecule has 0 fully saturated rings. The zero-order valence-electron chi connectivity index (χ0n) is 9.46. The maximum Gasteiger partial charge on any atom is 0.354 e. The first-order valence-corrected chi connectivity index (χ1v) is 4.94. The first-order valence-electron chi connectivity index (χ1n) is 4.94. The van der Waals surface area contributed by atoms with Crippen LogP contribution in [0.3, 0.4) is 0 Å². The highest BCUT2D eigenvalue weighted by molar-refractivity contribution is 6.36. The van der Waals surface area contributed by atoms with Crippen molar-refractivity contribution in [1.29, 1.82) is 0 Å². The summed E-state index contributed by atoms with van der Waals surface area (Å²) >= 11 is 0. The van der Waals surface area contributed by atoms with E-state index in [2.05, 4.69) is 15.3 Å². The summed E-state index contributed by atoms with van der Waals surface area (Å²) < 4.78 is 30.3. The van der Waals surface area contributed by atoms with Crippen LogP contribution < -0.4 is 5.43 Å². The van der Waals surface area contributed by atoms with Crippen molar-refractivity contribution in [2.75, 3.05) is 12.5 Å². The van der Waals surface area contributed by atoms with Crippen molar-refractivity contribution >= 4 is 17.4 Å². The SMILES string of the molecule is CC/C(=N/Nc1ccc(F)cc1F)C(=O)OC. The van der Waals surface area contributed by atoms with E-state index in [0.717, 1.165) is 12.1 Å². The molecule has 1 N–H and O–H groups in total. The fraction of sp³-hybridized carbons (Fsp3) is 0.273. The van der Waals surface area contributed by atoms with Gasteiger partial charge in [-0.3, -0.25) is 5.43 Å². The van der Waals surface area contributed by atoms with Crippen LogP contribution in [-0.4, -0.2) is 18.8 Å². The third-order valence-electron chi connectivity index (χ3n) is 2.00. The molecule has 0 aliphatic carbocycles. The van der Waals surface area contributed by atoms with E-state index >= 15 is 0 Å². The van der Waals surface area contributed by atoms with Gasteiger partial charge >= 0.3 is 5.97 Å². The van der Waals surface area contributed by atoms with Crippen molar-refractivity contribution < 1.29 is 18.3 Å². The first kappa shape index (κ1) is 13.1. The minimum absolute atomic E-state index is 0.0127. The third kappa shape index (κ3) is 3.51. The Hall–Kier alpha value is -1.98. The van der Waals surface area contributed by atoms with Crippen LogP contribution >= 0.6 is 0 Å². The van der Waals surface area contributed by atoms with Gasteiger partial charge in [-0.2, -0.15) is 5.10 Å². The van der Waals surface area contributed by atoms with Crippen molar-refractivity contribution in [3.8, 4) is 0 Å². The number of methoxy groups -OCH3 is 1. The smallest absolute Gasteiger partial charge is 0.354 e. The fourth-order valence-corrected chi connectivity index (χ4v) is 1.09. The molecule has 0 atom stereocenters. The molecule has 17 heavy (non-hydrogen) atoms. The first-order chi connectivity index (χ1) is 8.08. The van der Waals surface area contributed by atoms with Crippen LogP contribution in [0.1, 0.15) is 13.3 Å². The summed E-state index contributed by atoms with van der Waals surface area (Å²) in [5.74, 6) is -2.06. The maximum absolute atomic E-state index is 13.2. The highest BCUT2D eigenvalue weighted by Gasteiger charge is 2.09. The minimum Gasteiger partial charge on any atom is -0.464 e. The van der Waals surface area contributed by atoms with Crippen LogP contribution in [0.4, 0.5) is 14.5 Å². The standard InChI is InChI=1S/C11H12F2N2O2/c1-3-9(11(16)17-2)14-15-10-5-4-7(12)6-8(10)13/h4-6,15H,3H2,1-2H3/b14-9-. The topological polar surface area (TPSA) is 50.7 Å². The predicted molar refractivity (Wildman–Crippen MR) is 59.7 cm³/mol. The summed E-state index contributed by atoms with van der Waals surface area (Å²) in [6.45, 7) is 1.71. The van der Waals surface area contributed by atoms with E-state index in [0.29, 0.717) is 6.42 Å². The zero-order valence-corrected chi connectivity index (χ0v) is 9.46.